The van der Waals surface area contributed by atoms with E-state index in [-0.39, 0.29) is 0 Å². The zero-order valence-electron chi connectivity index (χ0n) is 10.8. The number of hydrogen-bond donors (Lipinski definition) is 1. The molecule has 1 saturated carbocycles. The van der Waals surface area contributed by atoms with E-state index >= 15 is 0 Å². The highest BCUT2D eigenvalue weighted by Crippen LogP contribution is 2.40. The van der Waals surface area contributed by atoms with Gasteiger partial charge in [-0.3, -0.25) is 0 Å². The van der Waals surface area contributed by atoms with E-state index < -0.39 is 0 Å². The van der Waals surface area contributed by atoms with Gasteiger partial charge in [0.1, 0.15) is 0 Å². The Bertz CT molecular complexity index is 359. The lowest BCUT2D eigenvalue weighted by Crippen LogP contribution is -2.25. The Labute approximate surface area is 104 Å². The topological polar surface area (TPSA) is 34.2 Å². The van der Waals surface area contributed by atoms with Gasteiger partial charge < -0.3 is 10.1 Å². The van der Waals surface area contributed by atoms with E-state index in [1.165, 1.54) is 32.1 Å². The van der Waals surface area contributed by atoms with Crippen LogP contribution in [0.2, 0.25) is 0 Å². The summed E-state index contributed by atoms with van der Waals surface area (Å²) in [5.41, 5.74) is 1.62. The van der Waals surface area contributed by atoms with Crippen molar-refractivity contribution in [2.45, 2.75) is 39.0 Å². The van der Waals surface area contributed by atoms with E-state index in [4.69, 9.17) is 4.74 Å². The Morgan fingerprint density at radius 2 is 2.18 bits per heavy atom. The average molecular weight is 234 g/mol. The van der Waals surface area contributed by atoms with E-state index in [2.05, 4.69) is 17.2 Å². The smallest absolute Gasteiger partial charge is 0.214 e. The second-order valence-electron chi connectivity index (χ2n) is 5.00. The number of pyridine rings is 1. The van der Waals surface area contributed by atoms with Crippen molar-refractivity contribution in [3.05, 3.63) is 18.3 Å². The molecule has 0 bridgehead atoms. The molecular formula is C14H22N2O. The fourth-order valence-corrected chi connectivity index (χ4v) is 2.70. The summed E-state index contributed by atoms with van der Waals surface area (Å²) < 4.78 is 5.13. The van der Waals surface area contributed by atoms with Crippen molar-refractivity contribution in [2.75, 3.05) is 19.0 Å². The molecule has 1 fully saturated rings. The van der Waals surface area contributed by atoms with E-state index in [1.54, 1.807) is 13.3 Å². The normalized spacial score (nSPS) is 18.0. The minimum Gasteiger partial charge on any atom is -0.481 e. The summed E-state index contributed by atoms with van der Waals surface area (Å²) in [6.45, 7) is 3.37. The molecule has 1 aromatic rings. The second kappa shape index (κ2) is 5.39. The molecule has 0 unspecified atom stereocenters. The molecule has 1 aliphatic carbocycles. The maximum Gasteiger partial charge on any atom is 0.214 e. The maximum atomic E-state index is 5.13. The van der Waals surface area contributed by atoms with Crippen molar-refractivity contribution in [3.8, 4) is 5.88 Å². The van der Waals surface area contributed by atoms with Crippen LogP contribution in [0.4, 0.5) is 5.69 Å². The highest BCUT2D eigenvalue weighted by Gasteiger charge is 2.31. The maximum absolute atomic E-state index is 5.13. The number of rotatable bonds is 5. The van der Waals surface area contributed by atoms with Crippen LogP contribution >= 0.6 is 0 Å². The largest absolute Gasteiger partial charge is 0.481 e. The van der Waals surface area contributed by atoms with Crippen molar-refractivity contribution >= 4 is 5.69 Å². The second-order valence-corrected chi connectivity index (χ2v) is 5.00. The molecule has 0 amide bonds. The molecule has 2 rings (SSSR count). The van der Waals surface area contributed by atoms with Crippen molar-refractivity contribution < 1.29 is 4.74 Å². The first-order valence-corrected chi connectivity index (χ1v) is 6.52. The SMILES string of the molecule is CCC1(CNc2ccnc(OC)c2)CCCC1. The van der Waals surface area contributed by atoms with Gasteiger partial charge in [0.15, 0.2) is 0 Å². The molecule has 0 aliphatic heterocycles. The first-order chi connectivity index (χ1) is 8.28. The Morgan fingerprint density at radius 3 is 2.82 bits per heavy atom. The molecule has 0 radical (unpaired) electrons. The van der Waals surface area contributed by atoms with Gasteiger partial charge in [0.05, 0.1) is 7.11 Å². The lowest BCUT2D eigenvalue weighted by atomic mass is 9.83. The molecule has 3 nitrogen and oxygen atoms in total. The van der Waals surface area contributed by atoms with E-state index in [0.717, 1.165) is 12.2 Å². The monoisotopic (exact) mass is 234 g/mol. The minimum absolute atomic E-state index is 0.510. The van der Waals surface area contributed by atoms with Gasteiger partial charge in [-0.1, -0.05) is 19.8 Å². The third-order valence-electron chi connectivity index (χ3n) is 4.03. The highest BCUT2D eigenvalue weighted by molar-refractivity contribution is 5.45. The molecule has 3 heteroatoms. The van der Waals surface area contributed by atoms with Gasteiger partial charge >= 0.3 is 0 Å². The number of aromatic nitrogens is 1. The van der Waals surface area contributed by atoms with E-state index in [0.29, 0.717) is 11.3 Å². The number of ether oxygens (including phenoxy) is 1. The van der Waals surface area contributed by atoms with Gasteiger partial charge in [-0.05, 0) is 30.7 Å². The predicted octanol–water partition coefficient (Wildman–Crippen LogP) is 3.47. The number of anilines is 1. The molecular weight excluding hydrogens is 212 g/mol. The molecule has 0 aromatic carbocycles. The fraction of sp³-hybridized carbons (Fsp3) is 0.643. The first-order valence-electron chi connectivity index (χ1n) is 6.52. The fourth-order valence-electron chi connectivity index (χ4n) is 2.70. The van der Waals surface area contributed by atoms with Crippen LogP contribution < -0.4 is 10.1 Å². The molecule has 1 N–H and O–H groups in total. The lowest BCUT2D eigenvalue weighted by molar-refractivity contribution is 0.306. The van der Waals surface area contributed by atoms with Crippen molar-refractivity contribution in [2.24, 2.45) is 5.41 Å². The van der Waals surface area contributed by atoms with Crippen LogP contribution in [0, 0.1) is 5.41 Å². The zero-order chi connectivity index (χ0) is 12.1. The zero-order valence-corrected chi connectivity index (χ0v) is 10.8. The molecule has 1 aliphatic rings. The molecule has 1 heterocycles. The van der Waals surface area contributed by atoms with Crippen LogP contribution in [0.1, 0.15) is 39.0 Å². The Balaban J connectivity index is 1.96. The van der Waals surface area contributed by atoms with Gasteiger partial charge in [-0.15, -0.1) is 0 Å². The average Bonchev–Trinajstić information content (AvgIpc) is 2.86. The summed E-state index contributed by atoms with van der Waals surface area (Å²) in [5, 5.41) is 3.53. The molecule has 0 spiro atoms. The van der Waals surface area contributed by atoms with Gasteiger partial charge in [0, 0.05) is 24.5 Å². The standard InChI is InChI=1S/C14H22N2O/c1-3-14(7-4-5-8-14)11-16-12-6-9-15-13(10-12)17-2/h6,9-10H,3-5,7-8,11H2,1-2H3,(H,15,16). The summed E-state index contributed by atoms with van der Waals surface area (Å²) in [7, 11) is 1.65. The van der Waals surface area contributed by atoms with E-state index in [1.807, 2.05) is 12.1 Å². The molecule has 1 aromatic heterocycles. The quantitative estimate of drug-likeness (QED) is 0.847. The Hall–Kier alpha value is -1.25. The highest BCUT2D eigenvalue weighted by atomic mass is 16.5. The molecule has 0 atom stereocenters. The summed E-state index contributed by atoms with van der Waals surface area (Å²) >= 11 is 0. The van der Waals surface area contributed by atoms with Crippen LogP contribution in [0.25, 0.3) is 0 Å². The van der Waals surface area contributed by atoms with Crippen LogP contribution in [-0.4, -0.2) is 18.6 Å². The van der Waals surface area contributed by atoms with Crippen LogP contribution in [-0.2, 0) is 0 Å². The Morgan fingerprint density at radius 1 is 1.41 bits per heavy atom. The first kappa shape index (κ1) is 12.2. The molecule has 17 heavy (non-hydrogen) atoms. The third-order valence-corrected chi connectivity index (χ3v) is 4.03. The van der Waals surface area contributed by atoms with Crippen molar-refractivity contribution in [1.29, 1.82) is 0 Å². The van der Waals surface area contributed by atoms with Gasteiger partial charge in [-0.25, -0.2) is 4.98 Å². The van der Waals surface area contributed by atoms with Gasteiger partial charge in [0.25, 0.3) is 0 Å². The van der Waals surface area contributed by atoms with E-state index in [9.17, 15) is 0 Å². The summed E-state index contributed by atoms with van der Waals surface area (Å²) in [4.78, 5) is 4.11. The van der Waals surface area contributed by atoms with Crippen molar-refractivity contribution in [1.82, 2.24) is 4.98 Å². The summed E-state index contributed by atoms with van der Waals surface area (Å²) in [6, 6.07) is 3.96. The summed E-state index contributed by atoms with van der Waals surface area (Å²) in [6.07, 6.45) is 8.54. The summed E-state index contributed by atoms with van der Waals surface area (Å²) in [5.74, 6) is 0.673. The molecule has 0 saturated heterocycles. The number of hydrogen-bond acceptors (Lipinski definition) is 3. The predicted molar refractivity (Wildman–Crippen MR) is 70.5 cm³/mol. The van der Waals surface area contributed by atoms with Crippen LogP contribution in [0.3, 0.4) is 0 Å². The number of nitrogens with zero attached hydrogens (tertiary/aromatic N) is 1. The van der Waals surface area contributed by atoms with Gasteiger partial charge in [-0.2, -0.15) is 0 Å². The van der Waals surface area contributed by atoms with Crippen LogP contribution in [0.15, 0.2) is 18.3 Å². The minimum atomic E-state index is 0.510. The third kappa shape index (κ3) is 2.90. The molecule has 94 valence electrons. The number of nitrogens with one attached hydrogen (secondary N) is 1. The van der Waals surface area contributed by atoms with Gasteiger partial charge in [0.2, 0.25) is 5.88 Å². The Kier molecular flexibility index (Phi) is 3.87. The van der Waals surface area contributed by atoms with Crippen molar-refractivity contribution in [3.63, 3.8) is 0 Å². The number of methoxy groups -OCH3 is 1. The van der Waals surface area contributed by atoms with Crippen LogP contribution in [0.5, 0.6) is 5.88 Å². The lowest BCUT2D eigenvalue weighted by Gasteiger charge is -2.28.